The van der Waals surface area contributed by atoms with E-state index in [9.17, 15) is 4.79 Å². The number of rotatable bonds is 16. The Bertz CT molecular complexity index is 306. The van der Waals surface area contributed by atoms with Crippen molar-refractivity contribution < 1.29 is 24.1 Å². The maximum Gasteiger partial charge on any atom is 0.222 e. The van der Waals surface area contributed by atoms with Crippen LogP contribution in [0.2, 0.25) is 0 Å². The number of hydrogen-bond acceptors (Lipinski definition) is 5. The van der Waals surface area contributed by atoms with Gasteiger partial charge in [-0.25, -0.2) is 0 Å². The first-order chi connectivity index (χ1) is 11.3. The Morgan fingerprint density at radius 1 is 1.13 bits per heavy atom. The molecule has 0 bridgehead atoms. The van der Waals surface area contributed by atoms with Crippen molar-refractivity contribution in [3.63, 3.8) is 0 Å². The van der Waals surface area contributed by atoms with E-state index >= 15 is 0 Å². The van der Waals surface area contributed by atoms with E-state index < -0.39 is 0 Å². The molecule has 2 unspecified atom stereocenters. The highest BCUT2D eigenvalue weighted by atomic mass is 31.1. The second-order valence-corrected chi connectivity index (χ2v) is 7.02. The molecule has 136 valence electrons. The second kappa shape index (κ2) is 14.1. The number of ether oxygens (including phenoxy) is 3. The van der Waals surface area contributed by atoms with Crippen LogP contribution in [0, 0.1) is 0 Å². The van der Waals surface area contributed by atoms with E-state index in [1.54, 1.807) is 0 Å². The molecule has 1 aliphatic rings. The van der Waals surface area contributed by atoms with Gasteiger partial charge < -0.3 is 24.6 Å². The van der Waals surface area contributed by atoms with Gasteiger partial charge in [0.25, 0.3) is 0 Å². The van der Waals surface area contributed by atoms with E-state index in [4.69, 9.17) is 19.3 Å². The van der Waals surface area contributed by atoms with Crippen molar-refractivity contribution in [2.24, 2.45) is 0 Å². The summed E-state index contributed by atoms with van der Waals surface area (Å²) in [6.07, 6.45) is 6.60. The molecule has 1 aliphatic carbocycles. The highest BCUT2D eigenvalue weighted by Gasteiger charge is 2.36. The van der Waals surface area contributed by atoms with Crippen LogP contribution in [0.25, 0.3) is 0 Å². The predicted octanol–water partition coefficient (Wildman–Crippen LogP) is 1.50. The third-order valence-corrected chi connectivity index (χ3v) is 5.11. The van der Waals surface area contributed by atoms with Crippen molar-refractivity contribution in [3.8, 4) is 0 Å². The zero-order chi connectivity index (χ0) is 16.8. The van der Waals surface area contributed by atoms with Gasteiger partial charge in [-0.05, 0) is 25.9 Å². The van der Waals surface area contributed by atoms with Crippen LogP contribution in [-0.2, 0) is 19.0 Å². The van der Waals surface area contributed by atoms with Gasteiger partial charge in [-0.1, -0.05) is 12.8 Å². The van der Waals surface area contributed by atoms with E-state index in [-0.39, 0.29) is 12.7 Å². The number of aliphatic hydroxyl groups is 1. The maximum absolute atomic E-state index is 11.5. The van der Waals surface area contributed by atoms with Crippen LogP contribution < -0.4 is 5.32 Å². The zero-order valence-electron chi connectivity index (χ0n) is 14.2. The molecule has 7 heteroatoms. The monoisotopic (exact) mass is 349 g/mol. The van der Waals surface area contributed by atoms with Crippen LogP contribution in [0.15, 0.2) is 0 Å². The zero-order valence-corrected chi connectivity index (χ0v) is 15.2. The SMILES string of the molecule is CPC1C[C@@H]1OCCCCCCNC(=O)CCOCCOCO. The lowest BCUT2D eigenvalue weighted by molar-refractivity contribution is -0.122. The predicted molar refractivity (Wildman–Crippen MR) is 92.3 cm³/mol. The summed E-state index contributed by atoms with van der Waals surface area (Å²) in [5, 5.41) is 11.3. The molecule has 1 amide bonds. The second-order valence-electron chi connectivity index (χ2n) is 5.70. The number of unbranched alkanes of at least 4 members (excludes halogenated alkanes) is 3. The summed E-state index contributed by atoms with van der Waals surface area (Å²) in [5.41, 5.74) is 0.844. The molecular formula is C16H32NO5P. The average molecular weight is 349 g/mol. The maximum atomic E-state index is 11.5. The fraction of sp³-hybridized carbons (Fsp3) is 0.938. The van der Waals surface area contributed by atoms with Crippen molar-refractivity contribution in [2.45, 2.75) is 50.3 Å². The molecule has 0 radical (unpaired) electrons. The van der Waals surface area contributed by atoms with Gasteiger partial charge in [-0.3, -0.25) is 4.79 Å². The minimum absolute atomic E-state index is 0.0246. The topological polar surface area (TPSA) is 77.0 Å². The Morgan fingerprint density at radius 3 is 2.65 bits per heavy atom. The van der Waals surface area contributed by atoms with Crippen molar-refractivity contribution in [1.82, 2.24) is 5.32 Å². The van der Waals surface area contributed by atoms with Gasteiger partial charge in [0.05, 0.1) is 25.9 Å². The van der Waals surface area contributed by atoms with Gasteiger partial charge in [0.15, 0.2) is 0 Å². The first kappa shape index (κ1) is 20.8. The van der Waals surface area contributed by atoms with Crippen molar-refractivity contribution >= 4 is 14.5 Å². The van der Waals surface area contributed by atoms with Crippen LogP contribution in [0.5, 0.6) is 0 Å². The lowest BCUT2D eigenvalue weighted by atomic mass is 10.2. The molecule has 1 rings (SSSR count). The van der Waals surface area contributed by atoms with Gasteiger partial charge in [0.1, 0.15) is 6.79 Å². The van der Waals surface area contributed by atoms with Gasteiger partial charge in [0, 0.05) is 25.2 Å². The summed E-state index contributed by atoms with van der Waals surface area (Å²) in [7, 11) is 1.02. The average Bonchev–Trinajstić information content (AvgIpc) is 3.32. The summed E-state index contributed by atoms with van der Waals surface area (Å²) in [6.45, 7) is 4.71. The van der Waals surface area contributed by atoms with Crippen molar-refractivity contribution in [1.29, 1.82) is 0 Å². The Hall–Kier alpha value is -0.260. The molecule has 0 aliphatic heterocycles. The summed E-state index contributed by atoms with van der Waals surface area (Å²) in [6, 6.07) is 0. The number of hydrogen-bond donors (Lipinski definition) is 2. The molecule has 0 spiro atoms. The third kappa shape index (κ3) is 11.8. The van der Waals surface area contributed by atoms with Crippen molar-refractivity contribution in [3.05, 3.63) is 0 Å². The number of aliphatic hydroxyl groups excluding tert-OH is 1. The smallest absolute Gasteiger partial charge is 0.222 e. The molecule has 0 aromatic rings. The minimum atomic E-state index is -0.296. The molecule has 0 saturated heterocycles. The molecule has 1 fully saturated rings. The minimum Gasteiger partial charge on any atom is -0.379 e. The Labute approximate surface area is 141 Å². The molecule has 23 heavy (non-hydrogen) atoms. The summed E-state index contributed by atoms with van der Waals surface area (Å²) in [5.74, 6) is 0.0246. The van der Waals surface area contributed by atoms with Crippen LogP contribution in [-0.4, -0.2) is 69.2 Å². The first-order valence-corrected chi connectivity index (χ1v) is 10.2. The first-order valence-electron chi connectivity index (χ1n) is 8.60. The lowest BCUT2D eigenvalue weighted by Gasteiger charge is -2.06. The van der Waals surface area contributed by atoms with Gasteiger partial charge in [0.2, 0.25) is 5.91 Å². The van der Waals surface area contributed by atoms with Crippen LogP contribution >= 0.6 is 8.58 Å². The normalized spacial score (nSPS) is 20.3. The Kier molecular flexibility index (Phi) is 12.8. The van der Waals surface area contributed by atoms with E-state index in [0.717, 1.165) is 53.1 Å². The van der Waals surface area contributed by atoms with Crippen LogP contribution in [0.3, 0.4) is 0 Å². The highest BCUT2D eigenvalue weighted by Crippen LogP contribution is 2.39. The number of carbonyl (C=O) groups is 1. The lowest BCUT2D eigenvalue weighted by Crippen LogP contribution is -2.25. The fourth-order valence-corrected chi connectivity index (χ4v) is 3.18. The third-order valence-electron chi connectivity index (χ3n) is 3.76. The molecule has 3 atom stereocenters. The molecule has 6 nitrogen and oxygen atoms in total. The molecular weight excluding hydrogens is 317 g/mol. The van der Waals surface area contributed by atoms with Gasteiger partial charge >= 0.3 is 0 Å². The van der Waals surface area contributed by atoms with E-state index in [2.05, 4.69) is 12.0 Å². The summed E-state index contributed by atoms with van der Waals surface area (Å²) in [4.78, 5) is 11.5. The quantitative estimate of drug-likeness (QED) is 0.251. The van der Waals surface area contributed by atoms with Crippen molar-refractivity contribution in [2.75, 3.05) is 46.4 Å². The molecule has 0 aromatic heterocycles. The van der Waals surface area contributed by atoms with Gasteiger partial charge in [-0.2, -0.15) is 0 Å². The Balaban J connectivity index is 1.74. The molecule has 1 saturated carbocycles. The van der Waals surface area contributed by atoms with E-state index in [1.165, 1.54) is 6.42 Å². The number of amides is 1. The molecule has 0 heterocycles. The van der Waals surface area contributed by atoms with E-state index in [0.29, 0.717) is 32.3 Å². The summed E-state index contributed by atoms with van der Waals surface area (Å²) < 4.78 is 15.7. The highest BCUT2D eigenvalue weighted by molar-refractivity contribution is 7.38. The van der Waals surface area contributed by atoms with Crippen LogP contribution in [0.1, 0.15) is 38.5 Å². The fourth-order valence-electron chi connectivity index (χ4n) is 2.24. The van der Waals surface area contributed by atoms with E-state index in [1.807, 2.05) is 0 Å². The Morgan fingerprint density at radius 2 is 1.91 bits per heavy atom. The van der Waals surface area contributed by atoms with Gasteiger partial charge in [-0.15, -0.1) is 8.58 Å². The molecule has 0 aromatic carbocycles. The standard InChI is InChI=1S/C16H32NO5P/c1-23-15-12-14(15)22-8-5-3-2-4-7-17-16(19)6-9-20-10-11-21-13-18/h14-15,18,23H,2-13H2,1H3,(H,17,19)/t14-,15?/m0/s1. The number of carbonyl (C=O) groups excluding carboxylic acids is 1. The summed E-state index contributed by atoms with van der Waals surface area (Å²) >= 11 is 0. The van der Waals surface area contributed by atoms with Crippen LogP contribution in [0.4, 0.5) is 0 Å². The molecule has 2 N–H and O–H groups in total. The number of nitrogens with one attached hydrogen (secondary N) is 1. The largest absolute Gasteiger partial charge is 0.379 e.